The van der Waals surface area contributed by atoms with Crippen LogP contribution in [0.3, 0.4) is 0 Å². The molecule has 2 atom stereocenters. The maximum atomic E-state index is 11.3. The lowest BCUT2D eigenvalue weighted by Gasteiger charge is -2.13. The van der Waals surface area contributed by atoms with Gasteiger partial charge in [-0.25, -0.2) is 0 Å². The van der Waals surface area contributed by atoms with Gasteiger partial charge in [-0.2, -0.15) is 0 Å². The summed E-state index contributed by atoms with van der Waals surface area (Å²) in [5.74, 6) is -0.190. The van der Waals surface area contributed by atoms with Crippen molar-refractivity contribution in [1.29, 1.82) is 0 Å². The fourth-order valence-electron chi connectivity index (χ4n) is 2.06. The first-order valence-electron chi connectivity index (χ1n) is 5.30. The van der Waals surface area contributed by atoms with E-state index in [9.17, 15) is 4.79 Å². The van der Waals surface area contributed by atoms with E-state index in [-0.39, 0.29) is 18.1 Å². The van der Waals surface area contributed by atoms with Gasteiger partial charge in [-0.1, -0.05) is 23.7 Å². The zero-order valence-electron chi connectivity index (χ0n) is 9.07. The summed E-state index contributed by atoms with van der Waals surface area (Å²) >= 11 is 5.93. The molecule has 1 saturated heterocycles. The van der Waals surface area contributed by atoms with Crippen molar-refractivity contribution >= 4 is 17.6 Å². The number of ether oxygens (including phenoxy) is 1. The minimum Gasteiger partial charge on any atom is -0.468 e. The van der Waals surface area contributed by atoms with Gasteiger partial charge >= 0.3 is 5.97 Å². The molecule has 2 rings (SSSR count). The molecule has 0 amide bonds. The van der Waals surface area contributed by atoms with E-state index in [1.165, 1.54) is 7.11 Å². The molecular weight excluding hydrogens is 226 g/mol. The molecule has 1 aliphatic rings. The average Bonchev–Trinajstić information content (AvgIpc) is 2.77. The molecular formula is C12H14ClNO2. The maximum Gasteiger partial charge on any atom is 0.322 e. The average molecular weight is 240 g/mol. The monoisotopic (exact) mass is 239 g/mol. The first kappa shape index (κ1) is 11.4. The van der Waals surface area contributed by atoms with Crippen molar-refractivity contribution in [2.75, 3.05) is 7.11 Å². The fraction of sp³-hybridized carbons (Fsp3) is 0.417. The maximum absolute atomic E-state index is 11.3. The van der Waals surface area contributed by atoms with E-state index in [1.807, 2.05) is 24.3 Å². The predicted octanol–water partition coefficient (Wildman–Crippen LogP) is 2.31. The van der Waals surface area contributed by atoms with Crippen LogP contribution in [0.4, 0.5) is 0 Å². The molecule has 0 spiro atoms. The van der Waals surface area contributed by atoms with Crippen LogP contribution in [0.25, 0.3) is 0 Å². The van der Waals surface area contributed by atoms with E-state index in [2.05, 4.69) is 5.32 Å². The van der Waals surface area contributed by atoms with Crippen LogP contribution >= 0.6 is 11.6 Å². The van der Waals surface area contributed by atoms with Crippen molar-refractivity contribution in [3.05, 3.63) is 34.9 Å². The largest absolute Gasteiger partial charge is 0.468 e. The Labute approximate surface area is 99.7 Å². The summed E-state index contributed by atoms with van der Waals surface area (Å²) in [4.78, 5) is 11.3. The van der Waals surface area contributed by atoms with Crippen molar-refractivity contribution in [3.8, 4) is 0 Å². The molecule has 1 N–H and O–H groups in total. The normalized spacial score (nSPS) is 24.4. The van der Waals surface area contributed by atoms with Crippen LogP contribution in [0, 0.1) is 0 Å². The van der Waals surface area contributed by atoms with Crippen LogP contribution in [-0.2, 0) is 9.53 Å². The molecule has 1 aromatic rings. The van der Waals surface area contributed by atoms with E-state index < -0.39 is 0 Å². The summed E-state index contributed by atoms with van der Waals surface area (Å²) in [5.41, 5.74) is 1.12. The van der Waals surface area contributed by atoms with Crippen molar-refractivity contribution in [2.24, 2.45) is 0 Å². The second kappa shape index (κ2) is 4.85. The highest BCUT2D eigenvalue weighted by Crippen LogP contribution is 2.28. The highest BCUT2D eigenvalue weighted by Gasteiger charge is 2.30. The lowest BCUT2D eigenvalue weighted by molar-refractivity contribution is -0.142. The van der Waals surface area contributed by atoms with Crippen LogP contribution in [0.1, 0.15) is 24.4 Å². The van der Waals surface area contributed by atoms with Gasteiger partial charge in [0.05, 0.1) is 7.11 Å². The number of carbonyl (C=O) groups excluding carboxylic acids is 1. The smallest absolute Gasteiger partial charge is 0.322 e. The standard InChI is InChI=1S/C12H14ClNO2/c1-16-12(15)11-6-5-10(14-11)8-3-2-4-9(13)7-8/h2-4,7,10-11,14H,5-6H2,1H3. The van der Waals surface area contributed by atoms with E-state index in [0.29, 0.717) is 0 Å². The van der Waals surface area contributed by atoms with Crippen LogP contribution in [0.5, 0.6) is 0 Å². The molecule has 1 fully saturated rings. The Balaban J connectivity index is 2.06. The highest BCUT2D eigenvalue weighted by molar-refractivity contribution is 6.30. The number of halogens is 1. The van der Waals surface area contributed by atoms with E-state index in [1.54, 1.807) is 0 Å². The topological polar surface area (TPSA) is 38.3 Å². The molecule has 2 unspecified atom stereocenters. The lowest BCUT2D eigenvalue weighted by atomic mass is 10.1. The van der Waals surface area contributed by atoms with Crippen molar-refractivity contribution in [1.82, 2.24) is 5.32 Å². The van der Waals surface area contributed by atoms with Gasteiger partial charge < -0.3 is 4.74 Å². The highest BCUT2D eigenvalue weighted by atomic mass is 35.5. The number of carbonyl (C=O) groups is 1. The summed E-state index contributed by atoms with van der Waals surface area (Å²) in [6.07, 6.45) is 1.74. The summed E-state index contributed by atoms with van der Waals surface area (Å²) in [5, 5.41) is 3.97. The van der Waals surface area contributed by atoms with Gasteiger partial charge in [-0.3, -0.25) is 10.1 Å². The number of methoxy groups -OCH3 is 1. The van der Waals surface area contributed by atoms with Crippen molar-refractivity contribution in [2.45, 2.75) is 24.9 Å². The number of nitrogens with one attached hydrogen (secondary N) is 1. The molecule has 0 aromatic heterocycles. The van der Waals surface area contributed by atoms with Gasteiger partial charge in [0.2, 0.25) is 0 Å². The third-order valence-electron chi connectivity index (χ3n) is 2.88. The van der Waals surface area contributed by atoms with Gasteiger partial charge in [0.1, 0.15) is 6.04 Å². The van der Waals surface area contributed by atoms with Crippen molar-refractivity contribution < 1.29 is 9.53 Å². The number of hydrogen-bond donors (Lipinski definition) is 1. The lowest BCUT2D eigenvalue weighted by Crippen LogP contribution is -2.33. The van der Waals surface area contributed by atoms with E-state index in [0.717, 1.165) is 23.4 Å². The third-order valence-corrected chi connectivity index (χ3v) is 3.12. The number of rotatable bonds is 2. The first-order chi connectivity index (χ1) is 7.70. The zero-order valence-corrected chi connectivity index (χ0v) is 9.83. The molecule has 1 aromatic carbocycles. The Morgan fingerprint density at radius 3 is 3.00 bits per heavy atom. The molecule has 3 nitrogen and oxygen atoms in total. The van der Waals surface area contributed by atoms with Crippen LogP contribution < -0.4 is 5.32 Å². The van der Waals surface area contributed by atoms with Gasteiger partial charge in [0.15, 0.2) is 0 Å². The van der Waals surface area contributed by atoms with Gasteiger partial charge in [-0.05, 0) is 30.5 Å². The number of benzene rings is 1. The Morgan fingerprint density at radius 1 is 1.50 bits per heavy atom. The molecule has 4 heteroatoms. The second-order valence-corrected chi connectivity index (χ2v) is 4.36. The minimum absolute atomic E-state index is 0.186. The van der Waals surface area contributed by atoms with Gasteiger partial charge in [0.25, 0.3) is 0 Å². The molecule has 86 valence electrons. The van der Waals surface area contributed by atoms with Crippen LogP contribution in [0.2, 0.25) is 5.02 Å². The van der Waals surface area contributed by atoms with Crippen LogP contribution in [-0.4, -0.2) is 19.1 Å². The summed E-state index contributed by atoms with van der Waals surface area (Å²) < 4.78 is 4.71. The number of hydrogen-bond acceptors (Lipinski definition) is 3. The van der Waals surface area contributed by atoms with Crippen LogP contribution in [0.15, 0.2) is 24.3 Å². The molecule has 0 radical (unpaired) electrons. The second-order valence-electron chi connectivity index (χ2n) is 3.93. The molecule has 0 aliphatic carbocycles. The fourth-order valence-corrected chi connectivity index (χ4v) is 2.26. The van der Waals surface area contributed by atoms with E-state index in [4.69, 9.17) is 16.3 Å². The summed E-state index contributed by atoms with van der Waals surface area (Å²) in [7, 11) is 1.41. The minimum atomic E-state index is -0.190. The molecule has 0 saturated carbocycles. The Morgan fingerprint density at radius 2 is 2.31 bits per heavy atom. The van der Waals surface area contributed by atoms with Gasteiger partial charge in [0, 0.05) is 11.1 Å². The van der Waals surface area contributed by atoms with Gasteiger partial charge in [-0.15, -0.1) is 0 Å². The molecule has 1 aliphatic heterocycles. The zero-order chi connectivity index (χ0) is 11.5. The molecule has 1 heterocycles. The third kappa shape index (κ3) is 2.36. The first-order valence-corrected chi connectivity index (χ1v) is 5.68. The number of esters is 1. The van der Waals surface area contributed by atoms with Crippen molar-refractivity contribution in [3.63, 3.8) is 0 Å². The molecule has 0 bridgehead atoms. The quantitative estimate of drug-likeness (QED) is 0.805. The Kier molecular flexibility index (Phi) is 3.46. The Hall–Kier alpha value is -1.06. The SMILES string of the molecule is COC(=O)C1CCC(c2cccc(Cl)c2)N1. The molecule has 16 heavy (non-hydrogen) atoms. The summed E-state index contributed by atoms with van der Waals surface area (Å²) in [6.45, 7) is 0. The van der Waals surface area contributed by atoms with E-state index >= 15 is 0 Å². The predicted molar refractivity (Wildman–Crippen MR) is 62.4 cm³/mol. The Bertz CT molecular complexity index is 394. The summed E-state index contributed by atoms with van der Waals surface area (Å²) in [6, 6.07) is 7.72.